The third-order valence-corrected chi connectivity index (χ3v) is 5.51. The van der Waals surface area contributed by atoms with Crippen molar-refractivity contribution in [1.82, 2.24) is 9.80 Å². The zero-order valence-electron chi connectivity index (χ0n) is 18.2. The van der Waals surface area contributed by atoms with Gasteiger partial charge in [-0.2, -0.15) is 0 Å². The summed E-state index contributed by atoms with van der Waals surface area (Å²) in [6.07, 6.45) is 7.46. The second kappa shape index (κ2) is 14.4. The van der Waals surface area contributed by atoms with E-state index in [4.69, 9.17) is 0 Å². The zero-order valence-corrected chi connectivity index (χ0v) is 18.2. The highest BCUT2D eigenvalue weighted by atomic mass is 15.2. The third kappa shape index (κ3) is 9.52. The summed E-state index contributed by atoms with van der Waals surface area (Å²) in [5.41, 5.74) is 2.91. The van der Waals surface area contributed by atoms with Gasteiger partial charge in [0.1, 0.15) is 0 Å². The molecular formula is C26H40N2. The number of rotatable bonds is 15. The topological polar surface area (TPSA) is 6.48 Å². The lowest BCUT2D eigenvalue weighted by Gasteiger charge is -2.28. The van der Waals surface area contributed by atoms with Gasteiger partial charge in [0.15, 0.2) is 0 Å². The maximum Gasteiger partial charge on any atom is 0.0109 e. The molecule has 154 valence electrons. The molecule has 0 aromatic heterocycles. The van der Waals surface area contributed by atoms with E-state index in [2.05, 4.69) is 84.3 Å². The van der Waals surface area contributed by atoms with Crippen LogP contribution in [-0.4, -0.2) is 49.1 Å². The Labute approximate surface area is 173 Å². The van der Waals surface area contributed by atoms with Crippen molar-refractivity contribution in [1.29, 1.82) is 0 Å². The van der Waals surface area contributed by atoms with E-state index in [1.807, 2.05) is 0 Å². The maximum absolute atomic E-state index is 2.68. The summed E-state index contributed by atoms with van der Waals surface area (Å²) in [7, 11) is 0. The van der Waals surface area contributed by atoms with Gasteiger partial charge in [-0.3, -0.25) is 0 Å². The fourth-order valence-corrected chi connectivity index (χ4v) is 3.58. The predicted molar refractivity (Wildman–Crippen MR) is 123 cm³/mol. The molecule has 2 aromatic carbocycles. The number of hydrogen-bond donors (Lipinski definition) is 0. The lowest BCUT2D eigenvalue weighted by Crippen LogP contribution is -2.38. The van der Waals surface area contributed by atoms with Gasteiger partial charge in [-0.05, 0) is 49.9 Å². The van der Waals surface area contributed by atoms with E-state index in [1.54, 1.807) is 0 Å². The Morgan fingerprint density at radius 1 is 0.500 bits per heavy atom. The van der Waals surface area contributed by atoms with Crippen molar-refractivity contribution in [2.45, 2.75) is 52.4 Å². The molecule has 2 heteroatoms. The normalized spacial score (nSPS) is 11.4. The van der Waals surface area contributed by atoms with Gasteiger partial charge >= 0.3 is 0 Å². The molecule has 0 aliphatic carbocycles. The average molecular weight is 381 g/mol. The molecule has 0 radical (unpaired) electrons. The van der Waals surface area contributed by atoms with Crippen molar-refractivity contribution in [3.63, 3.8) is 0 Å². The Morgan fingerprint density at radius 3 is 1.25 bits per heavy atom. The second-order valence-electron chi connectivity index (χ2n) is 7.86. The first kappa shape index (κ1) is 22.6. The van der Waals surface area contributed by atoms with Gasteiger partial charge in [0.05, 0.1) is 0 Å². The highest BCUT2D eigenvalue weighted by molar-refractivity contribution is 5.15. The van der Waals surface area contributed by atoms with Crippen LogP contribution >= 0.6 is 0 Å². The van der Waals surface area contributed by atoms with E-state index in [1.165, 1.54) is 76.1 Å². The molecule has 0 saturated heterocycles. The smallest absolute Gasteiger partial charge is 0.0109 e. The minimum Gasteiger partial charge on any atom is -0.302 e. The molecular weight excluding hydrogens is 340 g/mol. The summed E-state index contributed by atoms with van der Waals surface area (Å²) in [5.74, 6) is 0. The summed E-state index contributed by atoms with van der Waals surface area (Å²) in [6, 6.07) is 21.9. The van der Waals surface area contributed by atoms with Gasteiger partial charge in [-0.15, -0.1) is 0 Å². The van der Waals surface area contributed by atoms with Gasteiger partial charge < -0.3 is 9.80 Å². The maximum atomic E-state index is 2.68. The number of hydrogen-bond acceptors (Lipinski definition) is 2. The standard InChI is InChI=1S/C26H40N2/c1-3-5-19-27(21-17-25-13-9-7-10-14-25)23-24-28(20-6-4-2)22-18-26-15-11-8-12-16-26/h7-16H,3-6,17-24H2,1-2H3. The van der Waals surface area contributed by atoms with E-state index in [0.29, 0.717) is 0 Å². The molecule has 0 N–H and O–H groups in total. The highest BCUT2D eigenvalue weighted by Gasteiger charge is 2.10. The van der Waals surface area contributed by atoms with Crippen molar-refractivity contribution >= 4 is 0 Å². The fourth-order valence-electron chi connectivity index (χ4n) is 3.58. The van der Waals surface area contributed by atoms with Crippen LogP contribution in [0.1, 0.15) is 50.7 Å². The molecule has 0 unspecified atom stereocenters. The minimum absolute atomic E-state index is 1.16. The third-order valence-electron chi connectivity index (χ3n) is 5.51. The SMILES string of the molecule is CCCCN(CCc1ccccc1)CCN(CCCC)CCc1ccccc1. The van der Waals surface area contributed by atoms with Crippen molar-refractivity contribution in [2.75, 3.05) is 39.3 Å². The molecule has 0 saturated carbocycles. The number of nitrogens with zero attached hydrogens (tertiary/aromatic N) is 2. The van der Waals surface area contributed by atoms with Crippen molar-refractivity contribution in [2.24, 2.45) is 0 Å². The van der Waals surface area contributed by atoms with Gasteiger partial charge in [-0.1, -0.05) is 87.4 Å². The molecule has 2 rings (SSSR count). The lowest BCUT2D eigenvalue weighted by atomic mass is 10.1. The Morgan fingerprint density at radius 2 is 0.893 bits per heavy atom. The summed E-state index contributed by atoms with van der Waals surface area (Å²) >= 11 is 0. The monoisotopic (exact) mass is 380 g/mol. The molecule has 28 heavy (non-hydrogen) atoms. The van der Waals surface area contributed by atoms with Crippen LogP contribution in [-0.2, 0) is 12.8 Å². The lowest BCUT2D eigenvalue weighted by molar-refractivity contribution is 0.202. The highest BCUT2D eigenvalue weighted by Crippen LogP contribution is 2.06. The zero-order chi connectivity index (χ0) is 19.9. The molecule has 2 aromatic rings. The van der Waals surface area contributed by atoms with Gasteiger partial charge in [0.25, 0.3) is 0 Å². The molecule has 0 aliphatic heterocycles. The van der Waals surface area contributed by atoms with Crippen molar-refractivity contribution < 1.29 is 0 Å². The van der Waals surface area contributed by atoms with Gasteiger partial charge in [0.2, 0.25) is 0 Å². The van der Waals surface area contributed by atoms with Crippen LogP contribution in [0.3, 0.4) is 0 Å². The van der Waals surface area contributed by atoms with Crippen LogP contribution in [0, 0.1) is 0 Å². The van der Waals surface area contributed by atoms with Crippen LogP contribution < -0.4 is 0 Å². The average Bonchev–Trinajstić information content (AvgIpc) is 2.75. The van der Waals surface area contributed by atoms with Crippen LogP contribution in [0.4, 0.5) is 0 Å². The van der Waals surface area contributed by atoms with Crippen LogP contribution in [0.5, 0.6) is 0 Å². The van der Waals surface area contributed by atoms with Crippen molar-refractivity contribution in [3.05, 3.63) is 71.8 Å². The summed E-state index contributed by atoms with van der Waals surface area (Å²) < 4.78 is 0. The molecule has 0 fully saturated rings. The van der Waals surface area contributed by atoms with Crippen LogP contribution in [0.25, 0.3) is 0 Å². The van der Waals surface area contributed by atoms with E-state index in [9.17, 15) is 0 Å². The minimum atomic E-state index is 1.16. The summed E-state index contributed by atoms with van der Waals surface area (Å²) in [4.78, 5) is 5.36. The van der Waals surface area contributed by atoms with Crippen molar-refractivity contribution in [3.8, 4) is 0 Å². The van der Waals surface area contributed by atoms with E-state index in [0.717, 1.165) is 12.8 Å². The molecule has 0 aliphatic rings. The molecule has 0 bridgehead atoms. The van der Waals surface area contributed by atoms with Gasteiger partial charge in [-0.25, -0.2) is 0 Å². The number of benzene rings is 2. The van der Waals surface area contributed by atoms with E-state index >= 15 is 0 Å². The molecule has 0 spiro atoms. The van der Waals surface area contributed by atoms with E-state index < -0.39 is 0 Å². The van der Waals surface area contributed by atoms with E-state index in [-0.39, 0.29) is 0 Å². The fraction of sp³-hybridized carbons (Fsp3) is 0.538. The quantitative estimate of drug-likeness (QED) is 0.392. The Kier molecular flexibility index (Phi) is 11.6. The summed E-state index contributed by atoms with van der Waals surface area (Å²) in [5, 5.41) is 0. The Bertz CT molecular complexity index is 541. The van der Waals surface area contributed by atoms with Crippen LogP contribution in [0.15, 0.2) is 60.7 Å². The largest absolute Gasteiger partial charge is 0.302 e. The molecule has 0 atom stereocenters. The van der Waals surface area contributed by atoms with Crippen LogP contribution in [0.2, 0.25) is 0 Å². The molecule has 0 heterocycles. The first-order valence-electron chi connectivity index (χ1n) is 11.3. The Hall–Kier alpha value is -1.64. The number of unbranched alkanes of at least 4 members (excludes halogenated alkanes) is 2. The second-order valence-corrected chi connectivity index (χ2v) is 7.86. The molecule has 2 nitrogen and oxygen atoms in total. The predicted octanol–water partition coefficient (Wildman–Crippen LogP) is 5.68. The van der Waals surface area contributed by atoms with Gasteiger partial charge in [0, 0.05) is 26.2 Å². The summed E-state index contributed by atoms with van der Waals surface area (Å²) in [6.45, 7) is 11.8. The molecule has 0 amide bonds. The first-order chi connectivity index (χ1) is 13.8. The Balaban J connectivity index is 1.83. The first-order valence-corrected chi connectivity index (χ1v) is 11.3.